The molecule has 2 aliphatic rings. The summed E-state index contributed by atoms with van der Waals surface area (Å²) in [5, 5.41) is 23.3. The summed E-state index contributed by atoms with van der Waals surface area (Å²) in [5.41, 5.74) is 7.51. The maximum absolute atomic E-state index is 12.7. The van der Waals surface area contributed by atoms with Crippen molar-refractivity contribution in [2.75, 3.05) is 20.3 Å². The monoisotopic (exact) mass is 718 g/mol. The minimum atomic E-state index is -1.21. The van der Waals surface area contributed by atoms with E-state index in [1.807, 2.05) is 0 Å². The Morgan fingerprint density at radius 2 is 1.38 bits per heavy atom. The first kappa shape index (κ1) is 33.1. The van der Waals surface area contributed by atoms with Gasteiger partial charge in [0.05, 0.1) is 53.4 Å². The fourth-order valence-corrected chi connectivity index (χ4v) is 6.79. The van der Waals surface area contributed by atoms with Gasteiger partial charge in [0.25, 0.3) is 11.5 Å². The molecule has 1 amide bonds. The van der Waals surface area contributed by atoms with Gasteiger partial charge in [-0.1, -0.05) is 0 Å². The smallest absolute Gasteiger partial charge is 0.336 e. The lowest BCUT2D eigenvalue weighted by molar-refractivity contribution is 0.0686. The van der Waals surface area contributed by atoms with E-state index in [-0.39, 0.29) is 81.4 Å². The van der Waals surface area contributed by atoms with Gasteiger partial charge < -0.3 is 43.8 Å². The molecule has 3 aromatic heterocycles. The first-order valence-electron chi connectivity index (χ1n) is 16.5. The van der Waals surface area contributed by atoms with Crippen molar-refractivity contribution in [1.29, 1.82) is 0 Å². The van der Waals surface area contributed by atoms with Crippen molar-refractivity contribution in [1.82, 2.24) is 24.3 Å². The van der Waals surface area contributed by atoms with Crippen LogP contribution >= 0.6 is 0 Å². The normalized spacial score (nSPS) is 13.4. The van der Waals surface area contributed by atoms with Crippen LogP contribution in [-0.4, -0.2) is 72.6 Å². The van der Waals surface area contributed by atoms with E-state index in [0.29, 0.717) is 47.5 Å². The number of carboxylic acids is 2. The molecule has 0 radical (unpaired) electrons. The molecule has 53 heavy (non-hydrogen) atoms. The Morgan fingerprint density at radius 3 is 2.06 bits per heavy atom. The van der Waals surface area contributed by atoms with Crippen LogP contribution in [0.25, 0.3) is 55.8 Å². The van der Waals surface area contributed by atoms with Crippen molar-refractivity contribution in [2.24, 2.45) is 5.73 Å². The van der Waals surface area contributed by atoms with E-state index >= 15 is 0 Å². The summed E-state index contributed by atoms with van der Waals surface area (Å²) in [4.78, 5) is 59.9. The van der Waals surface area contributed by atoms with Crippen molar-refractivity contribution in [3.8, 4) is 40.0 Å². The van der Waals surface area contributed by atoms with E-state index in [4.69, 9.17) is 34.4 Å². The Morgan fingerprint density at radius 1 is 0.774 bits per heavy atom. The Bertz CT molecular complexity index is 2700. The fourth-order valence-electron chi connectivity index (χ4n) is 6.79. The Balaban J connectivity index is 1.40. The highest BCUT2D eigenvalue weighted by molar-refractivity contribution is 6.04. The number of carboxylic acid groups (broad SMARTS) is 2. The van der Waals surface area contributed by atoms with Crippen LogP contribution in [0.5, 0.6) is 17.2 Å². The van der Waals surface area contributed by atoms with Crippen molar-refractivity contribution >= 4 is 50.9 Å². The van der Waals surface area contributed by atoms with Crippen LogP contribution < -0.4 is 25.5 Å². The minimum Gasteiger partial charge on any atom is -0.494 e. The summed E-state index contributed by atoms with van der Waals surface area (Å²) >= 11 is 0. The Hall–Kier alpha value is -7.10. The standard InChI is InChI=1S/C37H30N6O10/c1-50-30-22(32(38)44)8-10-26-28(30)39-33-20-6-4-19(17-25(20)37(48)49)52-15-3-2-14-51-18-5-7-21(36(46)47)24(16-18)34-40-29-27(43(34)13-12-42(26)33)11-9-23-31(29)53-41-35(23)45/h4-11,16-17H,2-3,12-15H2,1H3,(H2,38,44)(H,41,45)(H,46,47)(H,48,49). The number of aryl methyl sites for hydroxylation is 2. The predicted molar refractivity (Wildman–Crippen MR) is 190 cm³/mol. The lowest BCUT2D eigenvalue weighted by atomic mass is 10.1. The number of primary amides is 1. The molecule has 0 aliphatic carbocycles. The van der Waals surface area contributed by atoms with Gasteiger partial charge in [0.1, 0.15) is 34.2 Å². The number of benzene rings is 4. The Labute approximate surface area is 297 Å². The number of aromatic nitrogens is 5. The van der Waals surface area contributed by atoms with Crippen LogP contribution in [0.4, 0.5) is 0 Å². The van der Waals surface area contributed by atoms with E-state index in [1.54, 1.807) is 51.6 Å². The molecule has 4 aromatic carbocycles. The second-order valence-electron chi connectivity index (χ2n) is 12.3. The van der Waals surface area contributed by atoms with E-state index in [2.05, 4.69) is 5.16 Å². The maximum atomic E-state index is 12.7. The SMILES string of the molecule is COc1c(C(N)=O)ccc2c1nc1n2CCn2c(nc3c4o[nH]c(=O)c4ccc32)-c2cc(ccc2C(=O)O)OCCCCOc2ccc-1c(C(=O)O)c2. The average molecular weight is 719 g/mol. The molecular formula is C37H30N6O10. The fraction of sp³-hybridized carbons (Fsp3) is 0.189. The molecule has 268 valence electrons. The molecule has 16 nitrogen and oxygen atoms in total. The number of carbonyl (C=O) groups is 3. The summed E-state index contributed by atoms with van der Waals surface area (Å²) in [7, 11) is 1.38. The van der Waals surface area contributed by atoms with Crippen LogP contribution in [-0.2, 0) is 13.1 Å². The largest absolute Gasteiger partial charge is 0.494 e. The lowest BCUT2D eigenvalue weighted by Crippen LogP contribution is -2.13. The van der Waals surface area contributed by atoms with Crippen LogP contribution in [0, 0.1) is 0 Å². The van der Waals surface area contributed by atoms with Crippen LogP contribution in [0.15, 0.2) is 70.0 Å². The zero-order valence-electron chi connectivity index (χ0n) is 28.0. The van der Waals surface area contributed by atoms with Gasteiger partial charge in [0.2, 0.25) is 0 Å². The molecule has 5 heterocycles. The van der Waals surface area contributed by atoms with Gasteiger partial charge in [-0.05, 0) is 73.5 Å². The van der Waals surface area contributed by atoms with E-state index in [0.717, 1.165) is 0 Å². The van der Waals surface area contributed by atoms with Crippen LogP contribution in [0.2, 0.25) is 0 Å². The van der Waals surface area contributed by atoms with Gasteiger partial charge in [-0.25, -0.2) is 19.6 Å². The highest BCUT2D eigenvalue weighted by Gasteiger charge is 2.26. The number of ether oxygens (including phenoxy) is 3. The van der Waals surface area contributed by atoms with E-state index in [1.165, 1.54) is 25.3 Å². The van der Waals surface area contributed by atoms with Gasteiger partial charge in [-0.3, -0.25) is 9.59 Å². The van der Waals surface area contributed by atoms with Gasteiger partial charge in [-0.15, -0.1) is 0 Å². The number of methoxy groups -OCH3 is 1. The first-order valence-corrected chi connectivity index (χ1v) is 16.5. The number of carbonyl (C=O) groups excluding carboxylic acids is 1. The van der Waals surface area contributed by atoms with Crippen LogP contribution in [0.1, 0.15) is 43.9 Å². The van der Waals surface area contributed by atoms with Crippen molar-refractivity contribution in [2.45, 2.75) is 25.9 Å². The first-order chi connectivity index (χ1) is 25.6. The van der Waals surface area contributed by atoms with Crippen molar-refractivity contribution in [3.63, 3.8) is 0 Å². The number of H-pyrrole nitrogens is 1. The lowest BCUT2D eigenvalue weighted by Gasteiger charge is -2.16. The number of hydrogen-bond donors (Lipinski definition) is 4. The molecule has 0 saturated carbocycles. The van der Waals surface area contributed by atoms with Gasteiger partial charge >= 0.3 is 11.9 Å². The highest BCUT2D eigenvalue weighted by Crippen LogP contribution is 2.37. The number of aromatic carboxylic acids is 2. The maximum Gasteiger partial charge on any atom is 0.336 e. The molecule has 2 aliphatic heterocycles. The van der Waals surface area contributed by atoms with Gasteiger partial charge in [0.15, 0.2) is 11.3 Å². The number of aromatic amines is 1. The second-order valence-corrected chi connectivity index (χ2v) is 12.3. The molecule has 9 rings (SSSR count). The third kappa shape index (κ3) is 5.56. The van der Waals surface area contributed by atoms with Crippen molar-refractivity contribution in [3.05, 3.63) is 87.7 Å². The second kappa shape index (κ2) is 12.9. The quantitative estimate of drug-likeness (QED) is 0.190. The van der Waals surface area contributed by atoms with E-state index in [9.17, 15) is 29.4 Å². The molecular weight excluding hydrogens is 688 g/mol. The predicted octanol–water partition coefficient (Wildman–Crippen LogP) is 4.91. The zero-order valence-corrected chi connectivity index (χ0v) is 28.0. The number of nitrogens with zero attached hydrogens (tertiary/aromatic N) is 4. The summed E-state index contributed by atoms with van der Waals surface area (Å²) < 4.78 is 26.7. The summed E-state index contributed by atoms with van der Waals surface area (Å²) in [6.07, 6.45) is 1.16. The van der Waals surface area contributed by atoms with Crippen LogP contribution in [0.3, 0.4) is 0 Å². The number of nitrogens with two attached hydrogens (primary N) is 1. The molecule has 16 heteroatoms. The molecule has 0 fully saturated rings. The topological polar surface area (TPSA) is 227 Å². The van der Waals surface area contributed by atoms with Gasteiger partial charge in [0, 0.05) is 24.2 Å². The van der Waals surface area contributed by atoms with Gasteiger partial charge in [-0.2, -0.15) is 5.16 Å². The summed E-state index contributed by atoms with van der Waals surface area (Å²) in [6.45, 7) is 0.825. The minimum absolute atomic E-state index is 0.0385. The van der Waals surface area contributed by atoms with Crippen molar-refractivity contribution < 1.29 is 43.3 Å². The third-order valence-electron chi connectivity index (χ3n) is 9.26. The number of imidazole rings is 2. The number of rotatable bonds is 4. The number of nitrogens with one attached hydrogen (secondary N) is 1. The summed E-state index contributed by atoms with van der Waals surface area (Å²) in [6, 6.07) is 15.8. The Kier molecular flexibility index (Phi) is 8.05. The number of fused-ring (bicyclic) bond motifs is 12. The molecule has 0 atom stereocenters. The molecule has 0 spiro atoms. The summed E-state index contributed by atoms with van der Waals surface area (Å²) in [5.74, 6) is -1.76. The molecule has 7 aromatic rings. The molecule has 4 bridgehead atoms. The molecule has 0 unspecified atom stereocenters. The number of amides is 1. The number of hydrogen-bond acceptors (Lipinski definition) is 10. The van der Waals surface area contributed by atoms with E-state index < -0.39 is 23.4 Å². The highest BCUT2D eigenvalue weighted by atomic mass is 16.5. The zero-order chi connectivity index (χ0) is 37.0. The molecule has 5 N–H and O–H groups in total. The molecule has 0 saturated heterocycles. The third-order valence-corrected chi connectivity index (χ3v) is 9.26. The average Bonchev–Trinajstić information content (AvgIpc) is 3.83.